The van der Waals surface area contributed by atoms with Crippen LogP contribution < -0.4 is 21.3 Å². The Hall–Kier alpha value is -2.93. The molecule has 280 valence electrons. The molecule has 0 aromatic heterocycles. The van der Waals surface area contributed by atoms with Gasteiger partial charge >= 0.3 is 12.1 Å². The molecular formula is C35H66N4O9. The number of carboxylic acid groups (broad SMARTS) is 1. The summed E-state index contributed by atoms with van der Waals surface area (Å²) < 4.78 is 15.9. The van der Waals surface area contributed by atoms with Crippen molar-refractivity contribution in [1.82, 2.24) is 21.3 Å². The molecule has 0 aliphatic rings. The molecule has 0 aliphatic heterocycles. The number of aliphatic carboxylic acids is 1. The SMILES string of the molecule is CCCCCCCCCCCCCCCC(=O)NCCOCCNC(=O)CCOCCNC(=O)CC[C@H](NC(=O)OC(C)(C)C)C(=O)O. The van der Waals surface area contributed by atoms with Gasteiger partial charge < -0.3 is 40.6 Å². The van der Waals surface area contributed by atoms with E-state index >= 15 is 0 Å². The first-order valence-electron chi connectivity index (χ1n) is 18.1. The predicted octanol–water partition coefficient (Wildman–Crippen LogP) is 5.00. The fourth-order valence-electron chi connectivity index (χ4n) is 4.71. The van der Waals surface area contributed by atoms with Crippen molar-refractivity contribution >= 4 is 29.8 Å². The summed E-state index contributed by atoms with van der Waals surface area (Å²) >= 11 is 0. The molecule has 0 heterocycles. The van der Waals surface area contributed by atoms with Gasteiger partial charge in [0.1, 0.15) is 11.6 Å². The minimum absolute atomic E-state index is 0.0500. The Morgan fingerprint density at radius 1 is 0.583 bits per heavy atom. The standard InChI is InChI=1S/C35H66N4O9/c1-5-6-7-8-9-10-11-12-13-14-15-16-17-18-30(40)36-23-27-47-28-24-38-32(42)21-25-46-26-22-37-31(41)20-19-29(33(43)44)39-34(45)48-35(2,3)4/h29H,5-28H2,1-4H3,(H,36,40)(H,37,41)(H,38,42)(H,39,45)(H,43,44)/t29-/m0/s1. The molecule has 0 spiro atoms. The van der Waals surface area contributed by atoms with E-state index in [0.29, 0.717) is 32.7 Å². The number of nitrogens with one attached hydrogen (secondary N) is 4. The lowest BCUT2D eigenvalue weighted by Crippen LogP contribution is -2.44. The molecule has 1 atom stereocenters. The van der Waals surface area contributed by atoms with Gasteiger partial charge in [-0.1, -0.05) is 84.0 Å². The number of hydrogen-bond donors (Lipinski definition) is 5. The first-order chi connectivity index (χ1) is 22.9. The highest BCUT2D eigenvalue weighted by Gasteiger charge is 2.24. The summed E-state index contributed by atoms with van der Waals surface area (Å²) in [6, 6.07) is -1.25. The fourth-order valence-corrected chi connectivity index (χ4v) is 4.71. The zero-order valence-corrected chi connectivity index (χ0v) is 30.3. The molecule has 0 saturated heterocycles. The molecule has 0 aliphatic carbocycles. The van der Waals surface area contributed by atoms with Crippen molar-refractivity contribution in [3.05, 3.63) is 0 Å². The molecule has 5 N–H and O–H groups in total. The van der Waals surface area contributed by atoms with Crippen molar-refractivity contribution in [1.29, 1.82) is 0 Å². The van der Waals surface area contributed by atoms with E-state index < -0.39 is 23.7 Å². The highest BCUT2D eigenvalue weighted by molar-refractivity contribution is 5.82. The van der Waals surface area contributed by atoms with Crippen LogP contribution in [0.4, 0.5) is 4.79 Å². The van der Waals surface area contributed by atoms with Crippen LogP contribution >= 0.6 is 0 Å². The average molecular weight is 687 g/mol. The monoisotopic (exact) mass is 686 g/mol. The van der Waals surface area contributed by atoms with Crippen LogP contribution in [0.25, 0.3) is 0 Å². The number of hydrogen-bond acceptors (Lipinski definition) is 8. The van der Waals surface area contributed by atoms with E-state index in [1.807, 2.05) is 0 Å². The number of carboxylic acids is 1. The number of amides is 4. The Bertz CT molecular complexity index is 881. The summed E-state index contributed by atoms with van der Waals surface area (Å²) in [6.07, 6.45) is 16.3. The summed E-state index contributed by atoms with van der Waals surface area (Å²) in [7, 11) is 0. The van der Waals surface area contributed by atoms with Gasteiger partial charge in [0.15, 0.2) is 0 Å². The van der Waals surface area contributed by atoms with E-state index in [2.05, 4.69) is 28.2 Å². The molecule has 48 heavy (non-hydrogen) atoms. The third-order valence-electron chi connectivity index (χ3n) is 7.34. The van der Waals surface area contributed by atoms with Crippen LogP contribution in [0, 0.1) is 0 Å². The number of alkyl carbamates (subject to hydrolysis) is 1. The van der Waals surface area contributed by atoms with Crippen molar-refractivity contribution in [2.75, 3.05) is 46.1 Å². The maximum absolute atomic E-state index is 12.0. The lowest BCUT2D eigenvalue weighted by molar-refractivity contribution is -0.139. The van der Waals surface area contributed by atoms with Gasteiger partial charge in [0.2, 0.25) is 17.7 Å². The summed E-state index contributed by atoms with van der Waals surface area (Å²) in [5, 5.41) is 19.7. The Morgan fingerprint density at radius 2 is 1.00 bits per heavy atom. The van der Waals surface area contributed by atoms with Crippen LogP contribution in [0.5, 0.6) is 0 Å². The van der Waals surface area contributed by atoms with Gasteiger partial charge in [0.25, 0.3) is 0 Å². The molecule has 0 rings (SSSR count). The van der Waals surface area contributed by atoms with Crippen molar-refractivity contribution in [2.45, 2.75) is 148 Å². The molecule has 0 radical (unpaired) electrons. The summed E-state index contributed by atoms with van der Waals surface area (Å²) in [5.41, 5.74) is -0.772. The molecule has 0 aromatic rings. The van der Waals surface area contributed by atoms with Gasteiger partial charge in [-0.15, -0.1) is 0 Å². The molecule has 0 fully saturated rings. The maximum atomic E-state index is 12.0. The summed E-state index contributed by atoms with van der Waals surface area (Å²) in [4.78, 5) is 59.1. The third kappa shape index (κ3) is 31.7. The van der Waals surface area contributed by atoms with Crippen molar-refractivity contribution in [3.63, 3.8) is 0 Å². The van der Waals surface area contributed by atoms with E-state index in [1.165, 1.54) is 70.6 Å². The van der Waals surface area contributed by atoms with E-state index in [-0.39, 0.29) is 56.7 Å². The van der Waals surface area contributed by atoms with Crippen molar-refractivity contribution in [2.24, 2.45) is 0 Å². The summed E-state index contributed by atoms with van der Waals surface area (Å²) in [6.45, 7) is 9.30. The van der Waals surface area contributed by atoms with Gasteiger partial charge in [-0.25, -0.2) is 9.59 Å². The second-order valence-electron chi connectivity index (χ2n) is 13.1. The third-order valence-corrected chi connectivity index (χ3v) is 7.34. The second kappa shape index (κ2) is 30.2. The number of unbranched alkanes of at least 4 members (excludes halogenated alkanes) is 12. The highest BCUT2D eigenvalue weighted by atomic mass is 16.6. The van der Waals surface area contributed by atoms with Crippen LogP contribution in [-0.4, -0.2) is 92.6 Å². The molecule has 0 aromatic carbocycles. The predicted molar refractivity (Wildman–Crippen MR) is 186 cm³/mol. The largest absolute Gasteiger partial charge is 0.480 e. The first kappa shape index (κ1) is 45.1. The molecule has 4 amide bonds. The maximum Gasteiger partial charge on any atom is 0.408 e. The van der Waals surface area contributed by atoms with Crippen LogP contribution in [0.15, 0.2) is 0 Å². The number of carbonyl (C=O) groups is 5. The minimum Gasteiger partial charge on any atom is -0.480 e. The normalized spacial score (nSPS) is 11.8. The second-order valence-corrected chi connectivity index (χ2v) is 13.1. The van der Waals surface area contributed by atoms with Crippen LogP contribution in [-0.2, 0) is 33.4 Å². The molecule has 13 nitrogen and oxygen atoms in total. The number of ether oxygens (including phenoxy) is 3. The Labute approximate surface area is 288 Å². The van der Waals surface area contributed by atoms with E-state index in [4.69, 9.17) is 14.2 Å². The topological polar surface area (TPSA) is 181 Å². The lowest BCUT2D eigenvalue weighted by atomic mass is 10.0. The van der Waals surface area contributed by atoms with Gasteiger partial charge in [0, 0.05) is 38.9 Å². The van der Waals surface area contributed by atoms with Crippen LogP contribution in [0.3, 0.4) is 0 Å². The zero-order chi connectivity index (χ0) is 35.9. The number of rotatable bonds is 31. The van der Waals surface area contributed by atoms with Gasteiger partial charge in [-0.3, -0.25) is 14.4 Å². The van der Waals surface area contributed by atoms with Crippen molar-refractivity contribution in [3.8, 4) is 0 Å². The Balaban J connectivity index is 3.58. The van der Waals surface area contributed by atoms with Crippen LogP contribution in [0.2, 0.25) is 0 Å². The molecule has 0 unspecified atom stereocenters. The zero-order valence-electron chi connectivity index (χ0n) is 30.3. The molecule has 13 heteroatoms. The molecule has 0 bridgehead atoms. The van der Waals surface area contributed by atoms with Gasteiger partial charge in [-0.05, 0) is 33.6 Å². The van der Waals surface area contributed by atoms with Gasteiger partial charge in [-0.2, -0.15) is 0 Å². The van der Waals surface area contributed by atoms with Crippen LogP contribution in [0.1, 0.15) is 137 Å². The average Bonchev–Trinajstić information content (AvgIpc) is 3.01. The molecular weight excluding hydrogens is 620 g/mol. The lowest BCUT2D eigenvalue weighted by Gasteiger charge is -2.21. The van der Waals surface area contributed by atoms with E-state index in [0.717, 1.165) is 12.8 Å². The molecule has 0 saturated carbocycles. The quantitative estimate of drug-likeness (QED) is 0.0627. The smallest absolute Gasteiger partial charge is 0.408 e. The fraction of sp³-hybridized carbons (Fsp3) is 0.857. The number of carbonyl (C=O) groups excluding carboxylic acids is 4. The van der Waals surface area contributed by atoms with Gasteiger partial charge in [0.05, 0.1) is 26.4 Å². The van der Waals surface area contributed by atoms with Crippen molar-refractivity contribution < 1.29 is 43.3 Å². The van der Waals surface area contributed by atoms with E-state index in [9.17, 15) is 29.1 Å². The highest BCUT2D eigenvalue weighted by Crippen LogP contribution is 2.13. The minimum atomic E-state index is -1.26. The Kier molecular flexibility index (Phi) is 28.3. The Morgan fingerprint density at radius 3 is 1.46 bits per heavy atom. The van der Waals surface area contributed by atoms with E-state index in [1.54, 1.807) is 20.8 Å². The first-order valence-corrected chi connectivity index (χ1v) is 18.1. The summed E-state index contributed by atoms with van der Waals surface area (Å²) in [5.74, 6) is -1.79.